The van der Waals surface area contributed by atoms with Crippen LogP contribution in [0.1, 0.15) is 39.0 Å². The zero-order valence-corrected chi connectivity index (χ0v) is 10.8. The lowest BCUT2D eigenvalue weighted by Crippen LogP contribution is -2.44. The van der Waals surface area contributed by atoms with Crippen molar-refractivity contribution in [1.82, 2.24) is 10.6 Å². The maximum atomic E-state index is 11.8. The van der Waals surface area contributed by atoms with E-state index in [0.717, 1.165) is 19.7 Å². The van der Waals surface area contributed by atoms with Gasteiger partial charge in [-0.1, -0.05) is 13.3 Å². The lowest BCUT2D eigenvalue weighted by atomic mass is 10.0. The normalized spacial score (nSPS) is 26.5. The summed E-state index contributed by atoms with van der Waals surface area (Å²) < 4.78 is 5.34. The second-order valence-corrected chi connectivity index (χ2v) is 5.46. The first-order valence-corrected chi connectivity index (χ1v) is 6.82. The molecule has 1 unspecified atom stereocenters. The summed E-state index contributed by atoms with van der Waals surface area (Å²) in [7, 11) is 0. The molecular formula is C13H24N2O2. The van der Waals surface area contributed by atoms with Crippen molar-refractivity contribution in [3.63, 3.8) is 0 Å². The van der Waals surface area contributed by atoms with E-state index in [1.54, 1.807) is 0 Å². The summed E-state index contributed by atoms with van der Waals surface area (Å²) in [5, 5.41) is 6.39. The number of carbonyl (C=O) groups is 1. The molecule has 2 N–H and O–H groups in total. The van der Waals surface area contributed by atoms with Gasteiger partial charge in [-0.25, -0.2) is 0 Å². The maximum Gasteiger partial charge on any atom is 0.221 e. The van der Waals surface area contributed by atoms with Crippen molar-refractivity contribution >= 4 is 5.91 Å². The zero-order chi connectivity index (χ0) is 12.1. The number of amides is 1. The van der Waals surface area contributed by atoms with Crippen LogP contribution in [0.5, 0.6) is 0 Å². The minimum absolute atomic E-state index is 0.162. The molecule has 17 heavy (non-hydrogen) atoms. The zero-order valence-electron chi connectivity index (χ0n) is 10.8. The highest BCUT2D eigenvalue weighted by Crippen LogP contribution is 2.48. The maximum absolute atomic E-state index is 11.8. The molecule has 4 heteroatoms. The highest BCUT2D eigenvalue weighted by molar-refractivity contribution is 5.76. The van der Waals surface area contributed by atoms with Gasteiger partial charge < -0.3 is 15.4 Å². The molecule has 2 aliphatic rings. The van der Waals surface area contributed by atoms with Crippen molar-refractivity contribution < 1.29 is 9.53 Å². The van der Waals surface area contributed by atoms with Crippen molar-refractivity contribution in [3.8, 4) is 0 Å². The monoisotopic (exact) mass is 240 g/mol. The molecule has 98 valence electrons. The van der Waals surface area contributed by atoms with E-state index < -0.39 is 0 Å². The Kier molecular flexibility index (Phi) is 4.40. The average Bonchev–Trinajstić information content (AvgIpc) is 3.09. The van der Waals surface area contributed by atoms with E-state index >= 15 is 0 Å². The molecule has 2 fully saturated rings. The molecule has 0 aromatic carbocycles. The summed E-state index contributed by atoms with van der Waals surface area (Å²) >= 11 is 0. The van der Waals surface area contributed by atoms with E-state index in [1.165, 1.54) is 25.7 Å². The summed E-state index contributed by atoms with van der Waals surface area (Å²) in [6, 6.07) is 0.199. The van der Waals surface area contributed by atoms with E-state index in [1.807, 2.05) is 0 Å². The van der Waals surface area contributed by atoms with E-state index in [4.69, 9.17) is 4.74 Å². The molecule has 4 nitrogen and oxygen atoms in total. The van der Waals surface area contributed by atoms with Crippen molar-refractivity contribution in [2.24, 2.45) is 5.41 Å². The summed E-state index contributed by atoms with van der Waals surface area (Å²) in [5.41, 5.74) is 0.445. The van der Waals surface area contributed by atoms with E-state index in [2.05, 4.69) is 17.6 Å². The van der Waals surface area contributed by atoms with Gasteiger partial charge in [0.15, 0.2) is 0 Å². The van der Waals surface area contributed by atoms with Crippen LogP contribution in [0, 0.1) is 5.41 Å². The van der Waals surface area contributed by atoms with Gasteiger partial charge in [0.25, 0.3) is 0 Å². The Morgan fingerprint density at radius 1 is 1.53 bits per heavy atom. The van der Waals surface area contributed by atoms with Crippen LogP contribution in [0.3, 0.4) is 0 Å². The van der Waals surface area contributed by atoms with Crippen LogP contribution in [0.2, 0.25) is 0 Å². The molecule has 1 saturated heterocycles. The van der Waals surface area contributed by atoms with Crippen molar-refractivity contribution in [2.75, 3.05) is 26.3 Å². The molecule has 0 aromatic heterocycles. The number of nitrogens with one attached hydrogen (secondary N) is 2. The summed E-state index contributed by atoms with van der Waals surface area (Å²) in [4.78, 5) is 11.8. The van der Waals surface area contributed by atoms with Gasteiger partial charge in [-0.2, -0.15) is 0 Å². The molecule has 0 aromatic rings. The Labute approximate surface area is 103 Å². The Hall–Kier alpha value is -0.610. The summed E-state index contributed by atoms with van der Waals surface area (Å²) in [6.45, 7) is 5.36. The number of morpholine rings is 1. The largest absolute Gasteiger partial charge is 0.378 e. The van der Waals surface area contributed by atoms with Crippen LogP contribution < -0.4 is 10.6 Å². The van der Waals surface area contributed by atoms with Crippen LogP contribution in [0.25, 0.3) is 0 Å². The highest BCUT2D eigenvalue weighted by atomic mass is 16.5. The summed E-state index contributed by atoms with van der Waals surface area (Å²) in [6.07, 6.45) is 5.58. The minimum atomic E-state index is 0.162. The predicted molar refractivity (Wildman–Crippen MR) is 66.8 cm³/mol. The third-order valence-electron chi connectivity index (χ3n) is 3.83. The molecule has 1 aliphatic carbocycles. The minimum Gasteiger partial charge on any atom is -0.378 e. The highest BCUT2D eigenvalue weighted by Gasteiger charge is 2.41. The van der Waals surface area contributed by atoms with Crippen LogP contribution in [0.15, 0.2) is 0 Å². The van der Waals surface area contributed by atoms with E-state index in [0.29, 0.717) is 18.4 Å². The Bertz CT molecular complexity index is 258. The number of rotatable bonds is 6. The van der Waals surface area contributed by atoms with Crippen molar-refractivity contribution in [3.05, 3.63) is 0 Å². The molecule has 0 radical (unpaired) electrons. The first-order chi connectivity index (χ1) is 8.24. The van der Waals surface area contributed by atoms with Crippen molar-refractivity contribution in [2.45, 2.75) is 45.1 Å². The topological polar surface area (TPSA) is 50.4 Å². The number of hydrogen-bond acceptors (Lipinski definition) is 3. The molecule has 1 heterocycles. The van der Waals surface area contributed by atoms with E-state index in [9.17, 15) is 4.79 Å². The molecule has 0 spiro atoms. The van der Waals surface area contributed by atoms with Gasteiger partial charge >= 0.3 is 0 Å². The van der Waals surface area contributed by atoms with Gasteiger partial charge in [-0.15, -0.1) is 0 Å². The number of ether oxygens (including phenoxy) is 1. The molecule has 1 saturated carbocycles. The quantitative estimate of drug-likeness (QED) is 0.730. The average molecular weight is 240 g/mol. The number of carbonyl (C=O) groups excluding carboxylic acids is 1. The fourth-order valence-electron chi connectivity index (χ4n) is 2.56. The fourth-order valence-corrected chi connectivity index (χ4v) is 2.56. The van der Waals surface area contributed by atoms with Crippen molar-refractivity contribution in [1.29, 1.82) is 0 Å². The molecule has 1 aliphatic heterocycles. The van der Waals surface area contributed by atoms with E-state index in [-0.39, 0.29) is 11.9 Å². The van der Waals surface area contributed by atoms with Crippen LogP contribution in [-0.4, -0.2) is 38.3 Å². The van der Waals surface area contributed by atoms with Gasteiger partial charge in [0.05, 0.1) is 13.2 Å². The molecule has 1 atom stereocenters. The number of hydrogen-bond donors (Lipinski definition) is 2. The lowest BCUT2D eigenvalue weighted by Gasteiger charge is -2.23. The van der Waals surface area contributed by atoms with Gasteiger partial charge in [0.1, 0.15) is 0 Å². The van der Waals surface area contributed by atoms with Gasteiger partial charge in [0.2, 0.25) is 5.91 Å². The second kappa shape index (κ2) is 5.83. The van der Waals surface area contributed by atoms with Gasteiger partial charge in [0, 0.05) is 25.6 Å². The van der Waals surface area contributed by atoms with Gasteiger partial charge in [-0.05, 0) is 24.7 Å². The Morgan fingerprint density at radius 3 is 2.94 bits per heavy atom. The molecule has 0 bridgehead atoms. The second-order valence-electron chi connectivity index (χ2n) is 5.46. The first kappa shape index (κ1) is 12.8. The third-order valence-corrected chi connectivity index (χ3v) is 3.83. The first-order valence-electron chi connectivity index (χ1n) is 6.82. The standard InChI is InChI=1S/C13H24N2O2/c1-2-3-13(4-5-13)10-15-12(16)8-11-9-17-7-6-14-11/h11,14H,2-10H2,1H3,(H,15,16). The third kappa shape index (κ3) is 3.96. The van der Waals surface area contributed by atoms with Crippen LogP contribution >= 0.6 is 0 Å². The lowest BCUT2D eigenvalue weighted by molar-refractivity contribution is -0.122. The predicted octanol–water partition coefficient (Wildman–Crippen LogP) is 1.06. The Morgan fingerprint density at radius 2 is 2.35 bits per heavy atom. The van der Waals surface area contributed by atoms with Gasteiger partial charge in [-0.3, -0.25) is 4.79 Å². The van der Waals surface area contributed by atoms with Crippen LogP contribution in [-0.2, 0) is 9.53 Å². The van der Waals surface area contributed by atoms with Crippen LogP contribution in [0.4, 0.5) is 0 Å². The summed E-state index contributed by atoms with van der Waals surface area (Å²) in [5.74, 6) is 0.162. The molecule has 2 rings (SSSR count). The smallest absolute Gasteiger partial charge is 0.221 e. The molecule has 1 amide bonds. The molecular weight excluding hydrogens is 216 g/mol. The fraction of sp³-hybridized carbons (Fsp3) is 0.923. The SMILES string of the molecule is CCCC1(CNC(=O)CC2COCCN2)CC1. The Balaban J connectivity index is 1.63.